The number of unbranched alkanes of at least 4 members (excludes halogenated alkanes) is 1. The molecule has 142 valence electrons. The molecule has 2 unspecified atom stereocenters. The van der Waals surface area contributed by atoms with E-state index in [0.29, 0.717) is 0 Å². The van der Waals surface area contributed by atoms with E-state index in [1.165, 1.54) is 32.5 Å². The van der Waals surface area contributed by atoms with E-state index < -0.39 is 0 Å². The van der Waals surface area contributed by atoms with Crippen LogP contribution in [-0.4, -0.2) is 72.8 Å². The van der Waals surface area contributed by atoms with Crippen LogP contribution in [0.25, 0.3) is 0 Å². The summed E-state index contributed by atoms with van der Waals surface area (Å²) in [5, 5.41) is 13.0. The van der Waals surface area contributed by atoms with Crippen LogP contribution in [0.3, 0.4) is 0 Å². The molecule has 5 nitrogen and oxygen atoms in total. The fourth-order valence-corrected chi connectivity index (χ4v) is 3.97. The van der Waals surface area contributed by atoms with Gasteiger partial charge in [0.25, 0.3) is 0 Å². The molecule has 0 spiro atoms. The highest BCUT2D eigenvalue weighted by Gasteiger charge is 2.23. The third kappa shape index (κ3) is 7.44. The van der Waals surface area contributed by atoms with Crippen LogP contribution in [0.5, 0.6) is 0 Å². The van der Waals surface area contributed by atoms with Gasteiger partial charge in [0.05, 0.1) is 6.10 Å². The summed E-state index contributed by atoms with van der Waals surface area (Å²) in [6, 6.07) is 0. The number of halogens is 1. The summed E-state index contributed by atoms with van der Waals surface area (Å²) in [5.41, 5.74) is 0. The number of hydrogen-bond acceptors (Lipinski definition) is 3. The Hall–Kier alpha value is -0.0800. The Kier molecular flexibility index (Phi) is 10.5. The van der Waals surface area contributed by atoms with Crippen molar-refractivity contribution in [2.75, 3.05) is 45.8 Å². The van der Waals surface area contributed by atoms with Gasteiger partial charge in [-0.25, -0.2) is 0 Å². The number of nitrogens with zero attached hydrogens (tertiary/aromatic N) is 3. The molecular weight excluding hydrogens is 415 g/mol. The largest absolute Gasteiger partial charge is 0.391 e. The molecule has 6 heteroatoms. The molecule has 0 aromatic rings. The van der Waals surface area contributed by atoms with Gasteiger partial charge in [-0.15, -0.1) is 24.0 Å². The standard InChI is InChI=1S/C18H36N4O.HI/c1-4-19-18(22-10-7-17(23)14-22)20-8-5-6-9-21-12-15(2)11-16(3)13-21;/h15-17,23H,4-14H2,1-3H3,(H,19,20);1H/t15?,16?,17-;/m1./s1. The predicted molar refractivity (Wildman–Crippen MR) is 112 cm³/mol. The van der Waals surface area contributed by atoms with Gasteiger partial charge < -0.3 is 20.2 Å². The lowest BCUT2D eigenvalue weighted by atomic mass is 9.92. The third-order valence-corrected chi connectivity index (χ3v) is 4.89. The van der Waals surface area contributed by atoms with Gasteiger partial charge >= 0.3 is 0 Å². The Morgan fingerprint density at radius 3 is 2.46 bits per heavy atom. The van der Waals surface area contributed by atoms with Gasteiger partial charge in [-0.2, -0.15) is 0 Å². The molecule has 24 heavy (non-hydrogen) atoms. The lowest BCUT2D eigenvalue weighted by Crippen LogP contribution is -2.40. The second-order valence-corrected chi connectivity index (χ2v) is 7.54. The molecular formula is C18H37IN4O. The highest BCUT2D eigenvalue weighted by Crippen LogP contribution is 2.21. The number of nitrogens with one attached hydrogen (secondary N) is 1. The van der Waals surface area contributed by atoms with E-state index in [4.69, 9.17) is 4.99 Å². The molecule has 0 aliphatic carbocycles. The van der Waals surface area contributed by atoms with E-state index in [1.807, 2.05) is 0 Å². The lowest BCUT2D eigenvalue weighted by Gasteiger charge is -2.34. The Morgan fingerprint density at radius 2 is 1.88 bits per heavy atom. The molecule has 0 radical (unpaired) electrons. The molecule has 0 saturated carbocycles. The van der Waals surface area contributed by atoms with Gasteiger partial charge in [-0.1, -0.05) is 13.8 Å². The maximum Gasteiger partial charge on any atom is 0.194 e. The summed E-state index contributed by atoms with van der Waals surface area (Å²) in [6.45, 7) is 14.0. The van der Waals surface area contributed by atoms with Crippen LogP contribution in [0.4, 0.5) is 0 Å². The number of hydrogen-bond donors (Lipinski definition) is 2. The van der Waals surface area contributed by atoms with E-state index in [-0.39, 0.29) is 30.1 Å². The molecule has 0 bridgehead atoms. The SMILES string of the molecule is CCNC(=NCCCCN1CC(C)CC(C)C1)N1CC[C@@H](O)C1.I. The van der Waals surface area contributed by atoms with Gasteiger partial charge in [0, 0.05) is 39.3 Å². The summed E-state index contributed by atoms with van der Waals surface area (Å²) >= 11 is 0. The summed E-state index contributed by atoms with van der Waals surface area (Å²) in [6.07, 6.45) is 4.42. The first-order valence-electron chi connectivity index (χ1n) is 9.52. The zero-order chi connectivity index (χ0) is 16.7. The first kappa shape index (κ1) is 22.0. The number of guanidine groups is 1. The van der Waals surface area contributed by atoms with E-state index >= 15 is 0 Å². The van der Waals surface area contributed by atoms with Gasteiger partial charge in [0.2, 0.25) is 0 Å². The molecule has 0 amide bonds. The monoisotopic (exact) mass is 452 g/mol. The van der Waals surface area contributed by atoms with Gasteiger partial charge in [0.15, 0.2) is 5.96 Å². The van der Waals surface area contributed by atoms with Crippen molar-refractivity contribution in [2.24, 2.45) is 16.8 Å². The van der Waals surface area contributed by atoms with E-state index in [0.717, 1.165) is 56.8 Å². The van der Waals surface area contributed by atoms with Gasteiger partial charge in [-0.3, -0.25) is 4.99 Å². The van der Waals surface area contributed by atoms with Crippen molar-refractivity contribution >= 4 is 29.9 Å². The van der Waals surface area contributed by atoms with Crippen molar-refractivity contribution in [3.05, 3.63) is 0 Å². The summed E-state index contributed by atoms with van der Waals surface area (Å²) in [4.78, 5) is 9.56. The van der Waals surface area contributed by atoms with Crippen molar-refractivity contribution < 1.29 is 5.11 Å². The fraction of sp³-hybridized carbons (Fsp3) is 0.944. The molecule has 0 aromatic heterocycles. The summed E-state index contributed by atoms with van der Waals surface area (Å²) in [7, 11) is 0. The first-order chi connectivity index (χ1) is 11.1. The van der Waals surface area contributed by atoms with Crippen LogP contribution in [0, 0.1) is 11.8 Å². The van der Waals surface area contributed by atoms with Crippen molar-refractivity contribution in [1.82, 2.24) is 15.1 Å². The Labute approximate surface area is 165 Å². The predicted octanol–water partition coefficient (Wildman–Crippen LogP) is 2.39. The van der Waals surface area contributed by atoms with E-state index in [2.05, 4.69) is 35.9 Å². The fourth-order valence-electron chi connectivity index (χ4n) is 3.97. The minimum absolute atomic E-state index is 0. The van der Waals surface area contributed by atoms with E-state index in [9.17, 15) is 5.11 Å². The quantitative estimate of drug-likeness (QED) is 0.281. The van der Waals surface area contributed by atoms with Crippen LogP contribution in [-0.2, 0) is 0 Å². The lowest BCUT2D eigenvalue weighted by molar-refractivity contribution is 0.139. The molecule has 2 heterocycles. The molecule has 2 N–H and O–H groups in total. The molecule has 2 aliphatic heterocycles. The highest BCUT2D eigenvalue weighted by atomic mass is 127. The maximum absolute atomic E-state index is 9.68. The Morgan fingerprint density at radius 1 is 1.17 bits per heavy atom. The van der Waals surface area contributed by atoms with E-state index in [1.54, 1.807) is 0 Å². The Balaban J connectivity index is 0.00000288. The van der Waals surface area contributed by atoms with Crippen LogP contribution in [0.2, 0.25) is 0 Å². The molecule has 3 atom stereocenters. The van der Waals surface area contributed by atoms with Crippen molar-refractivity contribution in [2.45, 2.75) is 52.6 Å². The van der Waals surface area contributed by atoms with Crippen LogP contribution in [0.1, 0.15) is 46.5 Å². The normalized spacial score (nSPS) is 28.8. The third-order valence-electron chi connectivity index (χ3n) is 4.89. The maximum atomic E-state index is 9.68. The number of likely N-dealkylation sites (tertiary alicyclic amines) is 2. The Bertz CT molecular complexity index is 370. The van der Waals surface area contributed by atoms with Crippen LogP contribution in [0.15, 0.2) is 4.99 Å². The molecule has 2 rings (SSSR count). The van der Waals surface area contributed by atoms with Crippen LogP contribution < -0.4 is 5.32 Å². The summed E-state index contributed by atoms with van der Waals surface area (Å²) in [5.74, 6) is 2.67. The zero-order valence-electron chi connectivity index (χ0n) is 15.7. The van der Waals surface area contributed by atoms with Crippen molar-refractivity contribution in [3.8, 4) is 0 Å². The van der Waals surface area contributed by atoms with Crippen LogP contribution >= 0.6 is 24.0 Å². The average molecular weight is 452 g/mol. The smallest absolute Gasteiger partial charge is 0.194 e. The number of aliphatic hydroxyl groups excluding tert-OH is 1. The number of β-amino-alcohol motifs (C(OH)–C–C–N with tert-alkyl or cyclic N) is 1. The topological polar surface area (TPSA) is 51.1 Å². The van der Waals surface area contributed by atoms with Crippen molar-refractivity contribution in [1.29, 1.82) is 0 Å². The molecule has 2 saturated heterocycles. The number of piperidine rings is 1. The first-order valence-corrected chi connectivity index (χ1v) is 9.52. The van der Waals surface area contributed by atoms with Crippen molar-refractivity contribution in [3.63, 3.8) is 0 Å². The second-order valence-electron chi connectivity index (χ2n) is 7.54. The van der Waals surface area contributed by atoms with Gasteiger partial charge in [-0.05, 0) is 51.0 Å². The number of aliphatic imine (C=N–C) groups is 1. The summed E-state index contributed by atoms with van der Waals surface area (Å²) < 4.78 is 0. The number of aliphatic hydroxyl groups is 1. The minimum Gasteiger partial charge on any atom is -0.391 e. The molecule has 0 aromatic carbocycles. The highest BCUT2D eigenvalue weighted by molar-refractivity contribution is 14.0. The van der Waals surface area contributed by atoms with Gasteiger partial charge in [0.1, 0.15) is 0 Å². The second kappa shape index (κ2) is 11.5. The molecule has 2 fully saturated rings. The molecule has 2 aliphatic rings. The minimum atomic E-state index is -0.193. The number of rotatable bonds is 6. The zero-order valence-corrected chi connectivity index (χ0v) is 18.0. The average Bonchev–Trinajstić information content (AvgIpc) is 2.91.